The number of hydrogen-bond donors (Lipinski definition) is 1. The summed E-state index contributed by atoms with van der Waals surface area (Å²) in [5.41, 5.74) is 6.77. The zero-order valence-corrected chi connectivity index (χ0v) is 13.8. The number of carbonyl (C=O) groups is 1. The first-order valence-corrected chi connectivity index (χ1v) is 8.58. The van der Waals surface area contributed by atoms with Gasteiger partial charge in [0, 0.05) is 20.1 Å². The van der Waals surface area contributed by atoms with Gasteiger partial charge >= 0.3 is 0 Å². The number of carbonyl (C=O) groups excluding carboxylic acids is 1. The molecule has 21 heavy (non-hydrogen) atoms. The molecule has 1 amide bonds. The van der Waals surface area contributed by atoms with Crippen LogP contribution in [0, 0.1) is 0 Å². The summed E-state index contributed by atoms with van der Waals surface area (Å²) in [7, 11) is 1.82. The lowest BCUT2D eigenvalue weighted by atomic mass is 10.3. The first kappa shape index (κ1) is 16.0. The van der Waals surface area contributed by atoms with Crippen LogP contribution in [0.4, 0.5) is 0 Å². The van der Waals surface area contributed by atoms with Crippen molar-refractivity contribution in [3.05, 3.63) is 28.2 Å². The van der Waals surface area contributed by atoms with Crippen molar-refractivity contribution in [1.82, 2.24) is 19.7 Å². The topological polar surface area (TPSA) is 77.0 Å². The van der Waals surface area contributed by atoms with Crippen LogP contribution in [0.15, 0.2) is 22.0 Å². The molecule has 6 nitrogen and oxygen atoms in total. The number of amides is 1. The van der Waals surface area contributed by atoms with Crippen molar-refractivity contribution in [1.29, 1.82) is 0 Å². The SMILES string of the molecule is CCn1c(CN)nnc1SCC(=O)N(C)Cc1ccsc1. The fraction of sp³-hybridized carbons (Fsp3) is 0.462. The Labute approximate surface area is 132 Å². The van der Waals surface area contributed by atoms with E-state index in [4.69, 9.17) is 5.73 Å². The van der Waals surface area contributed by atoms with E-state index in [-0.39, 0.29) is 5.91 Å². The van der Waals surface area contributed by atoms with Gasteiger partial charge < -0.3 is 15.2 Å². The summed E-state index contributed by atoms with van der Waals surface area (Å²) in [6.07, 6.45) is 0. The van der Waals surface area contributed by atoms with Gasteiger partial charge in [-0.3, -0.25) is 4.79 Å². The van der Waals surface area contributed by atoms with Crippen LogP contribution in [0.1, 0.15) is 18.3 Å². The van der Waals surface area contributed by atoms with E-state index < -0.39 is 0 Å². The van der Waals surface area contributed by atoms with E-state index >= 15 is 0 Å². The second kappa shape index (κ2) is 7.58. The van der Waals surface area contributed by atoms with E-state index in [0.29, 0.717) is 18.8 Å². The molecule has 0 bridgehead atoms. The lowest BCUT2D eigenvalue weighted by Gasteiger charge is -2.16. The van der Waals surface area contributed by atoms with Gasteiger partial charge in [-0.2, -0.15) is 11.3 Å². The molecule has 0 radical (unpaired) electrons. The lowest BCUT2D eigenvalue weighted by molar-refractivity contribution is -0.127. The minimum absolute atomic E-state index is 0.0751. The van der Waals surface area contributed by atoms with Crippen molar-refractivity contribution in [2.45, 2.75) is 31.7 Å². The molecule has 0 aliphatic carbocycles. The number of nitrogens with zero attached hydrogens (tertiary/aromatic N) is 4. The number of thiophene rings is 1. The van der Waals surface area contributed by atoms with Crippen LogP contribution in [0.25, 0.3) is 0 Å². The highest BCUT2D eigenvalue weighted by molar-refractivity contribution is 7.99. The molecule has 0 saturated heterocycles. The van der Waals surface area contributed by atoms with Crippen LogP contribution in [-0.2, 0) is 24.4 Å². The molecule has 2 N–H and O–H groups in total. The highest BCUT2D eigenvalue weighted by Crippen LogP contribution is 2.18. The normalized spacial score (nSPS) is 10.8. The largest absolute Gasteiger partial charge is 0.341 e. The number of nitrogens with two attached hydrogens (primary N) is 1. The third-order valence-electron chi connectivity index (χ3n) is 3.04. The van der Waals surface area contributed by atoms with Crippen molar-refractivity contribution >= 4 is 29.0 Å². The molecule has 0 aliphatic heterocycles. The Morgan fingerprint density at radius 1 is 1.52 bits per heavy atom. The minimum atomic E-state index is 0.0751. The molecule has 114 valence electrons. The van der Waals surface area contributed by atoms with Crippen molar-refractivity contribution < 1.29 is 4.79 Å². The highest BCUT2D eigenvalue weighted by Gasteiger charge is 2.14. The van der Waals surface area contributed by atoms with E-state index in [1.165, 1.54) is 11.8 Å². The predicted octanol–water partition coefficient (Wildman–Crippen LogP) is 1.57. The summed E-state index contributed by atoms with van der Waals surface area (Å²) >= 11 is 3.04. The third-order valence-corrected chi connectivity index (χ3v) is 4.73. The van der Waals surface area contributed by atoms with E-state index in [1.54, 1.807) is 16.2 Å². The predicted molar refractivity (Wildman–Crippen MR) is 85.1 cm³/mol. The fourth-order valence-corrected chi connectivity index (χ4v) is 3.50. The van der Waals surface area contributed by atoms with Crippen LogP contribution >= 0.6 is 23.1 Å². The maximum absolute atomic E-state index is 12.1. The Morgan fingerprint density at radius 3 is 2.95 bits per heavy atom. The second-order valence-electron chi connectivity index (χ2n) is 4.52. The quantitative estimate of drug-likeness (QED) is 0.782. The number of hydrogen-bond acceptors (Lipinski definition) is 6. The summed E-state index contributed by atoms with van der Waals surface area (Å²) in [6.45, 7) is 3.75. The van der Waals surface area contributed by atoms with Gasteiger partial charge in [0.2, 0.25) is 5.91 Å². The van der Waals surface area contributed by atoms with Gasteiger partial charge in [-0.15, -0.1) is 10.2 Å². The monoisotopic (exact) mass is 325 g/mol. The summed E-state index contributed by atoms with van der Waals surface area (Å²) in [5.74, 6) is 1.17. The van der Waals surface area contributed by atoms with Gasteiger partial charge in [0.1, 0.15) is 5.82 Å². The second-order valence-corrected chi connectivity index (χ2v) is 6.24. The third kappa shape index (κ3) is 4.05. The minimum Gasteiger partial charge on any atom is -0.341 e. The first-order valence-electron chi connectivity index (χ1n) is 6.65. The van der Waals surface area contributed by atoms with Crippen LogP contribution in [0.3, 0.4) is 0 Å². The zero-order valence-electron chi connectivity index (χ0n) is 12.2. The number of thioether (sulfide) groups is 1. The van der Waals surface area contributed by atoms with E-state index in [9.17, 15) is 4.79 Å². The van der Waals surface area contributed by atoms with E-state index in [0.717, 1.165) is 23.1 Å². The smallest absolute Gasteiger partial charge is 0.233 e. The Hall–Kier alpha value is -1.38. The van der Waals surface area contributed by atoms with Crippen molar-refractivity contribution in [3.8, 4) is 0 Å². The molecule has 0 atom stereocenters. The summed E-state index contributed by atoms with van der Waals surface area (Å²) in [4.78, 5) is 13.9. The molecule has 2 aromatic rings. The molecule has 0 aromatic carbocycles. The summed E-state index contributed by atoms with van der Waals surface area (Å²) in [6, 6.07) is 2.03. The average Bonchev–Trinajstić information content (AvgIpc) is 3.12. The number of aromatic nitrogens is 3. The Balaban J connectivity index is 1.90. The Morgan fingerprint density at radius 2 is 2.33 bits per heavy atom. The molecule has 2 aromatic heterocycles. The Bertz CT molecular complexity index is 581. The maximum atomic E-state index is 12.1. The van der Waals surface area contributed by atoms with Crippen molar-refractivity contribution in [2.75, 3.05) is 12.8 Å². The van der Waals surface area contributed by atoms with Gasteiger partial charge in [-0.05, 0) is 29.3 Å². The van der Waals surface area contributed by atoms with E-state index in [1.807, 2.05) is 30.0 Å². The molecule has 8 heteroatoms. The van der Waals surface area contributed by atoms with Crippen molar-refractivity contribution in [3.63, 3.8) is 0 Å². The molecule has 0 unspecified atom stereocenters. The van der Waals surface area contributed by atoms with Gasteiger partial charge in [-0.1, -0.05) is 11.8 Å². The van der Waals surface area contributed by atoms with Gasteiger partial charge in [0.25, 0.3) is 0 Å². The van der Waals surface area contributed by atoms with Gasteiger partial charge in [0.05, 0.1) is 12.3 Å². The standard InChI is InChI=1S/C13H19N5OS2/c1-3-18-11(6-14)15-16-13(18)21-9-12(19)17(2)7-10-4-5-20-8-10/h4-5,8H,3,6-7,9,14H2,1-2H3. The van der Waals surface area contributed by atoms with Crippen LogP contribution < -0.4 is 5.73 Å². The lowest BCUT2D eigenvalue weighted by Crippen LogP contribution is -2.27. The first-order chi connectivity index (χ1) is 10.2. The van der Waals surface area contributed by atoms with Gasteiger partial charge in [-0.25, -0.2) is 0 Å². The number of rotatable bonds is 7. The van der Waals surface area contributed by atoms with Crippen LogP contribution in [-0.4, -0.2) is 38.4 Å². The summed E-state index contributed by atoms with van der Waals surface area (Å²) in [5, 5.41) is 12.9. The maximum Gasteiger partial charge on any atom is 0.233 e. The van der Waals surface area contributed by atoms with Crippen LogP contribution in [0.5, 0.6) is 0 Å². The molecular weight excluding hydrogens is 306 g/mol. The Kier molecular flexibility index (Phi) is 5.77. The molecule has 0 fully saturated rings. The molecule has 0 aliphatic rings. The molecular formula is C13H19N5OS2. The molecule has 0 saturated carbocycles. The highest BCUT2D eigenvalue weighted by atomic mass is 32.2. The summed E-state index contributed by atoms with van der Waals surface area (Å²) < 4.78 is 1.94. The van der Waals surface area contributed by atoms with E-state index in [2.05, 4.69) is 15.6 Å². The van der Waals surface area contributed by atoms with Crippen molar-refractivity contribution in [2.24, 2.45) is 5.73 Å². The van der Waals surface area contributed by atoms with Gasteiger partial charge in [0.15, 0.2) is 5.16 Å². The van der Waals surface area contributed by atoms with Crippen LogP contribution in [0.2, 0.25) is 0 Å². The molecule has 2 heterocycles. The molecule has 0 spiro atoms. The fourth-order valence-electron chi connectivity index (χ4n) is 1.88. The zero-order chi connectivity index (χ0) is 15.2. The molecule has 2 rings (SSSR count). The average molecular weight is 325 g/mol.